The van der Waals surface area contributed by atoms with Crippen molar-refractivity contribution >= 4 is 5.97 Å². The van der Waals surface area contributed by atoms with Gasteiger partial charge in [-0.1, -0.05) is 0 Å². The highest BCUT2D eigenvalue weighted by Crippen LogP contribution is 2.31. The van der Waals surface area contributed by atoms with E-state index in [1.165, 1.54) is 12.5 Å². The van der Waals surface area contributed by atoms with Crippen molar-refractivity contribution in [1.82, 2.24) is 0 Å². The van der Waals surface area contributed by atoms with Crippen LogP contribution in [0.4, 0.5) is 0 Å². The third-order valence-corrected chi connectivity index (χ3v) is 2.02. The van der Waals surface area contributed by atoms with Gasteiger partial charge < -0.3 is 14.2 Å². The van der Waals surface area contributed by atoms with Gasteiger partial charge in [0, 0.05) is 0 Å². The molecule has 0 fully saturated rings. The summed E-state index contributed by atoms with van der Waals surface area (Å²) in [6.07, 6.45) is 2.86. The van der Waals surface area contributed by atoms with E-state index in [0.717, 1.165) is 0 Å². The van der Waals surface area contributed by atoms with Crippen molar-refractivity contribution in [3.63, 3.8) is 0 Å². The van der Waals surface area contributed by atoms with Crippen molar-refractivity contribution in [3.8, 4) is 11.5 Å². The van der Waals surface area contributed by atoms with Gasteiger partial charge in [-0.05, 0) is 39.0 Å². The Morgan fingerprint density at radius 3 is 2.41 bits per heavy atom. The molecule has 0 bridgehead atoms. The summed E-state index contributed by atoms with van der Waals surface area (Å²) in [4.78, 5) is 11.8. The summed E-state index contributed by atoms with van der Waals surface area (Å²) >= 11 is 0. The Bertz CT molecular complexity index is 469. The van der Waals surface area contributed by atoms with E-state index < -0.39 is 5.60 Å². The molecule has 17 heavy (non-hydrogen) atoms. The van der Waals surface area contributed by atoms with Crippen molar-refractivity contribution < 1.29 is 19.0 Å². The van der Waals surface area contributed by atoms with Crippen molar-refractivity contribution in [2.75, 3.05) is 0 Å². The smallest absolute Gasteiger partial charge is 0.338 e. The molecule has 0 spiro atoms. The van der Waals surface area contributed by atoms with Crippen LogP contribution in [0.15, 0.2) is 30.7 Å². The Hall–Kier alpha value is -1.97. The Morgan fingerprint density at radius 2 is 1.76 bits per heavy atom. The van der Waals surface area contributed by atoms with Gasteiger partial charge in [-0.2, -0.15) is 0 Å². The average molecular weight is 234 g/mol. The fourth-order valence-corrected chi connectivity index (χ4v) is 1.36. The number of ether oxygens (including phenoxy) is 3. The SMILES string of the molecule is CC(C)(C)OC(=O)c1ccc2c(c1)OC=CO2. The number of carbonyl (C=O) groups excluding carboxylic acids is 1. The fourth-order valence-electron chi connectivity index (χ4n) is 1.36. The second-order valence-electron chi connectivity index (χ2n) is 4.67. The van der Waals surface area contributed by atoms with Gasteiger partial charge in [0.15, 0.2) is 11.5 Å². The monoisotopic (exact) mass is 234 g/mol. The van der Waals surface area contributed by atoms with E-state index in [0.29, 0.717) is 17.1 Å². The van der Waals surface area contributed by atoms with Crippen LogP contribution in [0.2, 0.25) is 0 Å². The normalized spacial score (nSPS) is 13.4. The first kappa shape index (κ1) is 11.5. The predicted octanol–water partition coefficient (Wildman–Crippen LogP) is 2.88. The van der Waals surface area contributed by atoms with Crippen molar-refractivity contribution in [1.29, 1.82) is 0 Å². The summed E-state index contributed by atoms with van der Waals surface area (Å²) < 4.78 is 15.7. The fraction of sp³-hybridized carbons (Fsp3) is 0.308. The number of rotatable bonds is 1. The Morgan fingerprint density at radius 1 is 1.12 bits per heavy atom. The van der Waals surface area contributed by atoms with E-state index in [1.807, 2.05) is 20.8 Å². The van der Waals surface area contributed by atoms with Gasteiger partial charge in [0.05, 0.1) is 5.56 Å². The van der Waals surface area contributed by atoms with E-state index in [-0.39, 0.29) is 5.97 Å². The highest BCUT2D eigenvalue weighted by Gasteiger charge is 2.19. The lowest BCUT2D eigenvalue weighted by atomic mass is 10.1. The maximum absolute atomic E-state index is 11.8. The van der Waals surface area contributed by atoms with Crippen LogP contribution in [0.1, 0.15) is 31.1 Å². The molecule has 1 heterocycles. The molecule has 0 aromatic heterocycles. The lowest BCUT2D eigenvalue weighted by Crippen LogP contribution is -2.23. The van der Waals surface area contributed by atoms with Gasteiger partial charge in [0.25, 0.3) is 0 Å². The molecule has 1 aliphatic rings. The van der Waals surface area contributed by atoms with Gasteiger partial charge in [0.2, 0.25) is 0 Å². The van der Waals surface area contributed by atoms with Crippen LogP contribution in [-0.4, -0.2) is 11.6 Å². The number of hydrogen-bond acceptors (Lipinski definition) is 4. The molecular formula is C13H14O4. The van der Waals surface area contributed by atoms with Gasteiger partial charge in [-0.3, -0.25) is 0 Å². The van der Waals surface area contributed by atoms with Crippen LogP contribution in [0.25, 0.3) is 0 Å². The number of carbonyl (C=O) groups is 1. The average Bonchev–Trinajstić information content (AvgIpc) is 2.26. The Kier molecular flexibility index (Phi) is 2.79. The van der Waals surface area contributed by atoms with E-state index in [2.05, 4.69) is 0 Å². The molecule has 1 aromatic carbocycles. The van der Waals surface area contributed by atoms with Crippen LogP contribution in [0.3, 0.4) is 0 Å². The van der Waals surface area contributed by atoms with Gasteiger partial charge in [-0.15, -0.1) is 0 Å². The van der Waals surface area contributed by atoms with E-state index >= 15 is 0 Å². The van der Waals surface area contributed by atoms with Crippen LogP contribution < -0.4 is 9.47 Å². The van der Waals surface area contributed by atoms with Gasteiger partial charge >= 0.3 is 5.97 Å². The van der Waals surface area contributed by atoms with Crippen molar-refractivity contribution in [2.24, 2.45) is 0 Å². The van der Waals surface area contributed by atoms with Gasteiger partial charge in [-0.25, -0.2) is 4.79 Å². The highest BCUT2D eigenvalue weighted by atomic mass is 16.6. The van der Waals surface area contributed by atoms with E-state index in [4.69, 9.17) is 14.2 Å². The maximum atomic E-state index is 11.8. The maximum Gasteiger partial charge on any atom is 0.338 e. The standard InChI is InChI=1S/C13H14O4/c1-13(2,3)17-12(14)9-4-5-10-11(8-9)16-7-6-15-10/h4-8H,1-3H3. The first-order valence-electron chi connectivity index (χ1n) is 5.31. The number of hydrogen-bond donors (Lipinski definition) is 0. The largest absolute Gasteiger partial charge is 0.458 e. The molecule has 2 rings (SSSR count). The second-order valence-corrected chi connectivity index (χ2v) is 4.67. The molecule has 0 aliphatic carbocycles. The van der Waals surface area contributed by atoms with Gasteiger partial charge in [0.1, 0.15) is 18.1 Å². The molecular weight excluding hydrogens is 220 g/mol. The molecule has 90 valence electrons. The van der Waals surface area contributed by atoms with Crippen molar-refractivity contribution in [3.05, 3.63) is 36.3 Å². The molecule has 0 amide bonds. The predicted molar refractivity (Wildman–Crippen MR) is 62.0 cm³/mol. The summed E-state index contributed by atoms with van der Waals surface area (Å²) in [6.45, 7) is 5.48. The third-order valence-electron chi connectivity index (χ3n) is 2.02. The molecule has 4 heteroatoms. The topological polar surface area (TPSA) is 44.8 Å². The number of esters is 1. The molecule has 1 aromatic rings. The zero-order chi connectivity index (χ0) is 12.5. The first-order chi connectivity index (χ1) is 7.96. The molecule has 0 unspecified atom stereocenters. The molecule has 4 nitrogen and oxygen atoms in total. The first-order valence-corrected chi connectivity index (χ1v) is 5.31. The lowest BCUT2D eigenvalue weighted by Gasteiger charge is -2.20. The van der Waals surface area contributed by atoms with E-state index in [1.54, 1.807) is 18.2 Å². The molecule has 0 N–H and O–H groups in total. The van der Waals surface area contributed by atoms with Crippen LogP contribution in [-0.2, 0) is 4.74 Å². The molecule has 1 aliphatic heterocycles. The number of benzene rings is 1. The Balaban J connectivity index is 2.21. The number of fused-ring (bicyclic) bond motifs is 1. The lowest BCUT2D eigenvalue weighted by molar-refractivity contribution is 0.00692. The quantitative estimate of drug-likeness (QED) is 0.701. The minimum atomic E-state index is -0.510. The third kappa shape index (κ3) is 2.78. The second kappa shape index (κ2) is 4.13. The van der Waals surface area contributed by atoms with Crippen molar-refractivity contribution in [2.45, 2.75) is 26.4 Å². The zero-order valence-electron chi connectivity index (χ0n) is 10.0. The highest BCUT2D eigenvalue weighted by molar-refractivity contribution is 5.90. The summed E-state index contributed by atoms with van der Waals surface area (Å²) in [5.74, 6) is 0.717. The van der Waals surface area contributed by atoms with E-state index in [9.17, 15) is 4.79 Å². The molecule has 0 radical (unpaired) electrons. The summed E-state index contributed by atoms with van der Waals surface area (Å²) in [5, 5.41) is 0. The zero-order valence-corrected chi connectivity index (χ0v) is 10.0. The van der Waals surface area contributed by atoms with Crippen LogP contribution in [0, 0.1) is 0 Å². The molecule has 0 saturated heterocycles. The van der Waals surface area contributed by atoms with Crippen LogP contribution in [0.5, 0.6) is 11.5 Å². The molecule has 0 atom stereocenters. The Labute approximate surface area is 99.8 Å². The summed E-state index contributed by atoms with van der Waals surface area (Å²) in [7, 11) is 0. The summed E-state index contributed by atoms with van der Waals surface area (Å²) in [5.41, 5.74) is -0.0675. The summed E-state index contributed by atoms with van der Waals surface area (Å²) in [6, 6.07) is 4.93. The minimum Gasteiger partial charge on any atom is -0.458 e. The minimum absolute atomic E-state index is 0.376. The van der Waals surface area contributed by atoms with Crippen LogP contribution >= 0.6 is 0 Å². The molecule has 0 saturated carbocycles.